The van der Waals surface area contributed by atoms with Gasteiger partial charge in [0.1, 0.15) is 11.3 Å². The fraction of sp³-hybridized carbons (Fsp3) is 0. The summed E-state index contributed by atoms with van der Waals surface area (Å²) < 4.78 is 14.4. The molecule has 11 heavy (non-hydrogen) atoms. The van der Waals surface area contributed by atoms with Crippen molar-refractivity contribution in [3.05, 3.63) is 30.3 Å². The van der Waals surface area contributed by atoms with Gasteiger partial charge in [0.2, 0.25) is 5.95 Å². The van der Waals surface area contributed by atoms with Crippen LogP contribution in [0.5, 0.6) is 0 Å². The SMILES string of the molecule is Nc1ncc2c(F)cccn12. The van der Waals surface area contributed by atoms with Crippen molar-refractivity contribution in [3.63, 3.8) is 0 Å². The lowest BCUT2D eigenvalue weighted by Crippen LogP contribution is -1.93. The van der Waals surface area contributed by atoms with E-state index in [4.69, 9.17) is 5.73 Å². The molecule has 2 N–H and O–H groups in total. The van der Waals surface area contributed by atoms with Crippen molar-refractivity contribution in [1.29, 1.82) is 0 Å². The third-order valence-corrected chi connectivity index (χ3v) is 1.55. The number of imidazole rings is 1. The first kappa shape index (κ1) is 6.15. The van der Waals surface area contributed by atoms with Gasteiger partial charge in [-0.2, -0.15) is 0 Å². The molecule has 0 saturated carbocycles. The van der Waals surface area contributed by atoms with E-state index in [0.29, 0.717) is 11.5 Å². The summed E-state index contributed by atoms with van der Waals surface area (Å²) in [4.78, 5) is 3.76. The summed E-state index contributed by atoms with van der Waals surface area (Å²) in [5.74, 6) is -0.00352. The van der Waals surface area contributed by atoms with E-state index in [1.54, 1.807) is 12.3 Å². The molecule has 56 valence electrons. The summed E-state index contributed by atoms with van der Waals surface area (Å²) in [5, 5.41) is 0. The first-order valence-electron chi connectivity index (χ1n) is 3.16. The van der Waals surface area contributed by atoms with Gasteiger partial charge in [0.25, 0.3) is 0 Å². The molecule has 0 atom stereocenters. The van der Waals surface area contributed by atoms with Crippen molar-refractivity contribution in [1.82, 2.24) is 9.38 Å². The summed E-state index contributed by atoms with van der Waals surface area (Å²) in [5.41, 5.74) is 5.84. The van der Waals surface area contributed by atoms with Gasteiger partial charge in [-0.05, 0) is 12.1 Å². The molecule has 2 aromatic heterocycles. The van der Waals surface area contributed by atoms with Crippen molar-refractivity contribution in [2.75, 3.05) is 5.73 Å². The normalized spacial score (nSPS) is 10.6. The predicted molar refractivity (Wildman–Crippen MR) is 39.6 cm³/mol. The van der Waals surface area contributed by atoms with E-state index in [2.05, 4.69) is 4.98 Å². The number of hydrogen-bond acceptors (Lipinski definition) is 2. The molecule has 2 aromatic rings. The number of aromatic nitrogens is 2. The molecule has 0 aliphatic rings. The summed E-state index contributed by atoms with van der Waals surface area (Å²) >= 11 is 0. The number of nitrogens with zero attached hydrogens (tertiary/aromatic N) is 2. The van der Waals surface area contributed by atoms with Gasteiger partial charge < -0.3 is 5.73 Å². The number of rotatable bonds is 0. The van der Waals surface area contributed by atoms with Crippen LogP contribution in [0, 0.1) is 5.82 Å². The largest absolute Gasteiger partial charge is 0.369 e. The first-order chi connectivity index (χ1) is 5.29. The number of nitrogens with two attached hydrogens (primary N) is 1. The lowest BCUT2D eigenvalue weighted by atomic mass is 10.4. The fourth-order valence-corrected chi connectivity index (χ4v) is 1.01. The maximum Gasteiger partial charge on any atom is 0.204 e. The average molecular weight is 151 g/mol. The lowest BCUT2D eigenvalue weighted by molar-refractivity contribution is 0.633. The van der Waals surface area contributed by atoms with Crippen LogP contribution >= 0.6 is 0 Å². The zero-order valence-electron chi connectivity index (χ0n) is 5.66. The molecule has 2 rings (SSSR count). The van der Waals surface area contributed by atoms with Gasteiger partial charge >= 0.3 is 0 Å². The third kappa shape index (κ3) is 0.756. The molecule has 0 amide bonds. The molecule has 0 radical (unpaired) electrons. The second-order valence-corrected chi connectivity index (χ2v) is 2.23. The monoisotopic (exact) mass is 151 g/mol. The minimum Gasteiger partial charge on any atom is -0.369 e. The molecule has 3 nitrogen and oxygen atoms in total. The molecule has 0 unspecified atom stereocenters. The molecule has 0 bridgehead atoms. The molecular formula is C7H6FN3. The fourth-order valence-electron chi connectivity index (χ4n) is 1.01. The van der Waals surface area contributed by atoms with Gasteiger partial charge in [-0.3, -0.25) is 4.40 Å². The van der Waals surface area contributed by atoms with E-state index >= 15 is 0 Å². The molecule has 0 saturated heterocycles. The average Bonchev–Trinajstić information content (AvgIpc) is 2.35. The highest BCUT2D eigenvalue weighted by atomic mass is 19.1. The van der Waals surface area contributed by atoms with Crippen LogP contribution in [-0.4, -0.2) is 9.38 Å². The van der Waals surface area contributed by atoms with Crippen molar-refractivity contribution >= 4 is 11.5 Å². The molecule has 4 heteroatoms. The molecule has 0 aliphatic heterocycles. The van der Waals surface area contributed by atoms with Gasteiger partial charge in [-0.25, -0.2) is 9.37 Å². The van der Waals surface area contributed by atoms with Crippen LogP contribution in [0.1, 0.15) is 0 Å². The van der Waals surface area contributed by atoms with Crippen LogP contribution in [0.4, 0.5) is 10.3 Å². The molecule has 2 heterocycles. The number of anilines is 1. The number of fused-ring (bicyclic) bond motifs is 1. The van der Waals surface area contributed by atoms with Gasteiger partial charge in [0, 0.05) is 6.20 Å². The predicted octanol–water partition coefficient (Wildman–Crippen LogP) is 1.06. The minimum atomic E-state index is -0.309. The van der Waals surface area contributed by atoms with Crippen LogP contribution < -0.4 is 5.73 Å². The van der Waals surface area contributed by atoms with Crippen molar-refractivity contribution in [3.8, 4) is 0 Å². The Balaban J connectivity index is 2.94. The van der Waals surface area contributed by atoms with Crippen molar-refractivity contribution in [2.24, 2.45) is 0 Å². The number of halogens is 1. The molecule has 0 aromatic carbocycles. The maximum absolute atomic E-state index is 12.9. The van der Waals surface area contributed by atoms with Gasteiger partial charge in [0.05, 0.1) is 6.20 Å². The van der Waals surface area contributed by atoms with Crippen LogP contribution in [0.2, 0.25) is 0 Å². The quantitative estimate of drug-likeness (QED) is 0.611. The molecule has 0 spiro atoms. The Morgan fingerprint density at radius 2 is 2.36 bits per heavy atom. The molecule has 0 fully saturated rings. The zero-order chi connectivity index (χ0) is 7.84. The highest BCUT2D eigenvalue weighted by Crippen LogP contribution is 2.11. The Morgan fingerprint density at radius 3 is 3.09 bits per heavy atom. The number of nitrogen functional groups attached to an aromatic ring is 1. The van der Waals surface area contributed by atoms with E-state index in [1.165, 1.54) is 16.7 Å². The van der Waals surface area contributed by atoms with Crippen LogP contribution in [-0.2, 0) is 0 Å². The Bertz CT molecular complexity index is 393. The van der Waals surface area contributed by atoms with Crippen LogP contribution in [0.15, 0.2) is 24.5 Å². The standard InChI is InChI=1S/C7H6FN3/c8-5-2-1-3-11-6(5)4-10-7(11)9/h1-4H,(H2,9,10). The van der Waals surface area contributed by atoms with Crippen molar-refractivity contribution < 1.29 is 4.39 Å². The van der Waals surface area contributed by atoms with Gasteiger partial charge in [-0.1, -0.05) is 0 Å². The second-order valence-electron chi connectivity index (χ2n) is 2.23. The Hall–Kier alpha value is -1.58. The van der Waals surface area contributed by atoms with E-state index < -0.39 is 0 Å². The van der Waals surface area contributed by atoms with Crippen LogP contribution in [0.3, 0.4) is 0 Å². The summed E-state index contributed by atoms with van der Waals surface area (Å²) in [6, 6.07) is 2.96. The zero-order valence-corrected chi connectivity index (χ0v) is 5.66. The smallest absolute Gasteiger partial charge is 0.204 e. The van der Waals surface area contributed by atoms with E-state index in [1.807, 2.05) is 0 Å². The van der Waals surface area contributed by atoms with Crippen LogP contribution in [0.25, 0.3) is 5.52 Å². The van der Waals surface area contributed by atoms with Gasteiger partial charge in [0.15, 0.2) is 0 Å². The highest BCUT2D eigenvalue weighted by molar-refractivity contribution is 5.51. The maximum atomic E-state index is 12.9. The number of pyridine rings is 1. The van der Waals surface area contributed by atoms with E-state index in [-0.39, 0.29) is 5.82 Å². The van der Waals surface area contributed by atoms with Crippen molar-refractivity contribution in [2.45, 2.75) is 0 Å². The third-order valence-electron chi connectivity index (χ3n) is 1.55. The molecular weight excluding hydrogens is 145 g/mol. The Kier molecular flexibility index (Phi) is 1.09. The van der Waals surface area contributed by atoms with Gasteiger partial charge in [-0.15, -0.1) is 0 Å². The first-order valence-corrected chi connectivity index (χ1v) is 3.16. The highest BCUT2D eigenvalue weighted by Gasteiger charge is 2.01. The minimum absolute atomic E-state index is 0.305. The molecule has 0 aliphatic carbocycles. The second kappa shape index (κ2) is 1.95. The summed E-state index contributed by atoms with van der Waals surface area (Å²) in [6.45, 7) is 0. The summed E-state index contributed by atoms with van der Waals surface area (Å²) in [6.07, 6.45) is 3.07. The topological polar surface area (TPSA) is 43.3 Å². The van der Waals surface area contributed by atoms with E-state index in [0.717, 1.165) is 0 Å². The van der Waals surface area contributed by atoms with E-state index in [9.17, 15) is 4.39 Å². The summed E-state index contributed by atoms with van der Waals surface area (Å²) in [7, 11) is 0. The lowest BCUT2D eigenvalue weighted by Gasteiger charge is -1.94. The Labute approximate surface area is 62.3 Å². The Morgan fingerprint density at radius 1 is 1.55 bits per heavy atom. The number of hydrogen-bond donors (Lipinski definition) is 1.